The van der Waals surface area contributed by atoms with Gasteiger partial charge in [0.25, 0.3) is 11.8 Å². The van der Waals surface area contributed by atoms with E-state index in [1.807, 2.05) is 39.0 Å². The van der Waals surface area contributed by atoms with Crippen LogP contribution in [0.1, 0.15) is 23.6 Å². The average molecular weight is 489 g/mol. The Kier molecular flexibility index (Phi) is 6.58. The first-order chi connectivity index (χ1) is 14.3. The molecular formula is C22H21BrN2O4S. The standard InChI is InChI=1S/C22H21BrN2O4S/c1-5-29-19-11-16(23)14(10-18(19)28-4)9-15-20(26)24-22(30)25(21(15)27)17-7-6-12(2)8-13(17)3/h6-11H,5H2,1-4H3,(H,24,26,30). The molecule has 1 N–H and O–H groups in total. The molecule has 2 aromatic carbocycles. The van der Waals surface area contributed by atoms with Crippen molar-refractivity contribution in [3.05, 3.63) is 57.1 Å². The molecule has 0 saturated carbocycles. The molecule has 30 heavy (non-hydrogen) atoms. The molecule has 1 aliphatic rings. The number of methoxy groups -OCH3 is 1. The van der Waals surface area contributed by atoms with E-state index in [0.29, 0.717) is 33.8 Å². The summed E-state index contributed by atoms with van der Waals surface area (Å²) in [6.07, 6.45) is 1.51. The SMILES string of the molecule is CCOc1cc(Br)c(C=C2C(=O)NC(=S)N(c3ccc(C)cc3C)C2=O)cc1OC. The van der Waals surface area contributed by atoms with Crippen LogP contribution < -0.4 is 19.7 Å². The zero-order chi connectivity index (χ0) is 22.0. The number of nitrogens with zero attached hydrogens (tertiary/aromatic N) is 1. The molecular weight excluding hydrogens is 468 g/mol. The number of thiocarbonyl (C=S) groups is 1. The fourth-order valence-electron chi connectivity index (χ4n) is 3.18. The van der Waals surface area contributed by atoms with E-state index in [9.17, 15) is 9.59 Å². The van der Waals surface area contributed by atoms with Gasteiger partial charge >= 0.3 is 0 Å². The lowest BCUT2D eigenvalue weighted by Crippen LogP contribution is -2.54. The number of nitrogens with one attached hydrogen (secondary N) is 1. The molecule has 156 valence electrons. The van der Waals surface area contributed by atoms with E-state index in [1.165, 1.54) is 18.1 Å². The zero-order valence-corrected chi connectivity index (χ0v) is 19.4. The summed E-state index contributed by atoms with van der Waals surface area (Å²) in [5.41, 5.74) is 3.14. The first kappa shape index (κ1) is 22.0. The third kappa shape index (κ3) is 4.24. The van der Waals surface area contributed by atoms with E-state index in [0.717, 1.165) is 11.1 Å². The van der Waals surface area contributed by atoms with Gasteiger partial charge in [0.05, 0.1) is 19.4 Å². The fraction of sp³-hybridized carbons (Fsp3) is 0.227. The number of anilines is 1. The van der Waals surface area contributed by atoms with Crippen molar-refractivity contribution in [3.63, 3.8) is 0 Å². The van der Waals surface area contributed by atoms with Crippen molar-refractivity contribution in [2.45, 2.75) is 20.8 Å². The van der Waals surface area contributed by atoms with E-state index in [2.05, 4.69) is 21.2 Å². The lowest BCUT2D eigenvalue weighted by Gasteiger charge is -2.30. The van der Waals surface area contributed by atoms with Gasteiger partial charge in [0, 0.05) is 4.47 Å². The first-order valence-electron chi connectivity index (χ1n) is 9.25. The number of halogens is 1. The van der Waals surface area contributed by atoms with Crippen molar-refractivity contribution in [1.82, 2.24) is 5.32 Å². The van der Waals surface area contributed by atoms with Gasteiger partial charge < -0.3 is 9.47 Å². The van der Waals surface area contributed by atoms with Gasteiger partial charge in [0.2, 0.25) is 0 Å². The van der Waals surface area contributed by atoms with Crippen molar-refractivity contribution < 1.29 is 19.1 Å². The third-order valence-corrected chi connectivity index (χ3v) is 5.55. The maximum absolute atomic E-state index is 13.3. The molecule has 2 amide bonds. The number of rotatable bonds is 5. The summed E-state index contributed by atoms with van der Waals surface area (Å²) in [7, 11) is 1.53. The lowest BCUT2D eigenvalue weighted by molar-refractivity contribution is -0.122. The van der Waals surface area contributed by atoms with Gasteiger partial charge in [-0.2, -0.15) is 0 Å². The molecule has 8 heteroatoms. The second kappa shape index (κ2) is 8.97. The molecule has 0 atom stereocenters. The van der Waals surface area contributed by atoms with E-state index in [-0.39, 0.29) is 10.7 Å². The van der Waals surface area contributed by atoms with Gasteiger partial charge in [-0.1, -0.05) is 33.6 Å². The predicted molar refractivity (Wildman–Crippen MR) is 124 cm³/mol. The predicted octanol–water partition coefficient (Wildman–Crippen LogP) is 4.30. The topological polar surface area (TPSA) is 67.9 Å². The summed E-state index contributed by atoms with van der Waals surface area (Å²) in [5.74, 6) is 0.0186. The maximum atomic E-state index is 13.3. The molecule has 1 aliphatic heterocycles. The molecule has 0 aromatic heterocycles. The van der Waals surface area contributed by atoms with E-state index < -0.39 is 11.8 Å². The Hall–Kier alpha value is -2.71. The van der Waals surface area contributed by atoms with Crippen LogP contribution in [0.5, 0.6) is 11.5 Å². The Labute approximate surface area is 189 Å². The zero-order valence-electron chi connectivity index (χ0n) is 17.0. The highest BCUT2D eigenvalue weighted by Crippen LogP contribution is 2.35. The molecule has 0 unspecified atom stereocenters. The number of carbonyl (C=O) groups is 2. The highest BCUT2D eigenvalue weighted by molar-refractivity contribution is 9.10. The largest absolute Gasteiger partial charge is 0.493 e. The monoisotopic (exact) mass is 488 g/mol. The maximum Gasteiger partial charge on any atom is 0.270 e. The van der Waals surface area contributed by atoms with Gasteiger partial charge in [-0.05, 0) is 68.4 Å². The van der Waals surface area contributed by atoms with Crippen molar-refractivity contribution in [3.8, 4) is 11.5 Å². The molecule has 0 spiro atoms. The lowest BCUT2D eigenvalue weighted by atomic mass is 10.0. The van der Waals surface area contributed by atoms with E-state index >= 15 is 0 Å². The summed E-state index contributed by atoms with van der Waals surface area (Å²) in [6, 6.07) is 9.12. The third-order valence-electron chi connectivity index (χ3n) is 4.58. The number of hydrogen-bond acceptors (Lipinski definition) is 5. The van der Waals surface area contributed by atoms with Gasteiger partial charge in [-0.15, -0.1) is 0 Å². The number of benzene rings is 2. The van der Waals surface area contributed by atoms with Crippen LogP contribution in [0, 0.1) is 13.8 Å². The van der Waals surface area contributed by atoms with Crippen LogP contribution in [0.15, 0.2) is 40.4 Å². The summed E-state index contributed by atoms with van der Waals surface area (Å²) < 4.78 is 11.6. The molecule has 2 aromatic rings. The Morgan fingerprint density at radius 2 is 1.90 bits per heavy atom. The quantitative estimate of drug-likeness (QED) is 0.385. The van der Waals surface area contributed by atoms with Crippen LogP contribution in [0.4, 0.5) is 5.69 Å². The summed E-state index contributed by atoms with van der Waals surface area (Å²) in [4.78, 5) is 27.2. The highest BCUT2D eigenvalue weighted by atomic mass is 79.9. The van der Waals surface area contributed by atoms with Gasteiger partial charge in [-0.25, -0.2) is 0 Å². The van der Waals surface area contributed by atoms with Gasteiger partial charge in [0.1, 0.15) is 5.57 Å². The average Bonchev–Trinajstić information content (AvgIpc) is 2.68. The first-order valence-corrected chi connectivity index (χ1v) is 10.5. The minimum absolute atomic E-state index is 0.0320. The fourth-order valence-corrected chi connectivity index (χ4v) is 3.89. The van der Waals surface area contributed by atoms with Crippen molar-refractivity contribution in [1.29, 1.82) is 0 Å². The Morgan fingerprint density at radius 3 is 2.53 bits per heavy atom. The summed E-state index contributed by atoms with van der Waals surface area (Å²) in [6.45, 7) is 6.22. The van der Waals surface area contributed by atoms with Crippen LogP contribution in [-0.2, 0) is 9.59 Å². The van der Waals surface area contributed by atoms with Crippen LogP contribution in [0.3, 0.4) is 0 Å². The van der Waals surface area contributed by atoms with Crippen molar-refractivity contribution >= 4 is 56.8 Å². The summed E-state index contributed by atoms with van der Waals surface area (Å²) in [5, 5.41) is 2.66. The second-order valence-corrected chi connectivity index (χ2v) is 7.95. The van der Waals surface area contributed by atoms with E-state index in [1.54, 1.807) is 12.1 Å². The van der Waals surface area contributed by atoms with Crippen molar-refractivity contribution in [2.24, 2.45) is 0 Å². The minimum atomic E-state index is -0.550. The number of hydrogen-bond donors (Lipinski definition) is 1. The number of aryl methyl sites for hydroxylation is 2. The Balaban J connectivity index is 2.07. The molecule has 1 fully saturated rings. The molecule has 1 heterocycles. The smallest absolute Gasteiger partial charge is 0.270 e. The van der Waals surface area contributed by atoms with Crippen molar-refractivity contribution in [2.75, 3.05) is 18.6 Å². The Morgan fingerprint density at radius 1 is 1.17 bits per heavy atom. The van der Waals surface area contributed by atoms with Gasteiger partial charge in [0.15, 0.2) is 16.6 Å². The molecule has 0 aliphatic carbocycles. The Bertz CT molecular complexity index is 1080. The summed E-state index contributed by atoms with van der Waals surface area (Å²) >= 11 is 8.76. The molecule has 3 rings (SSSR count). The van der Waals surface area contributed by atoms with Crippen LogP contribution in [0.25, 0.3) is 6.08 Å². The molecule has 1 saturated heterocycles. The van der Waals surface area contributed by atoms with Crippen LogP contribution in [0.2, 0.25) is 0 Å². The molecule has 0 radical (unpaired) electrons. The van der Waals surface area contributed by atoms with Crippen LogP contribution >= 0.6 is 28.1 Å². The minimum Gasteiger partial charge on any atom is -0.493 e. The highest BCUT2D eigenvalue weighted by Gasteiger charge is 2.35. The number of ether oxygens (including phenoxy) is 2. The van der Waals surface area contributed by atoms with Gasteiger partial charge in [-0.3, -0.25) is 19.8 Å². The molecule has 0 bridgehead atoms. The normalized spacial score (nSPS) is 15.4. The number of carbonyl (C=O) groups excluding carboxylic acids is 2. The van der Waals surface area contributed by atoms with E-state index in [4.69, 9.17) is 21.7 Å². The second-order valence-electron chi connectivity index (χ2n) is 6.71. The number of amides is 2. The molecule has 6 nitrogen and oxygen atoms in total. The van der Waals surface area contributed by atoms with Crippen LogP contribution in [-0.4, -0.2) is 30.6 Å².